The topological polar surface area (TPSA) is 113 Å². The normalized spacial score (nSPS) is 11.0. The van der Waals surface area contributed by atoms with Gasteiger partial charge in [0.05, 0.1) is 11.3 Å². The number of hydrogen-bond acceptors (Lipinski definition) is 6. The second-order valence-electron chi connectivity index (χ2n) is 7.67. The molecule has 0 aliphatic heterocycles. The third-order valence-electron chi connectivity index (χ3n) is 4.83. The lowest BCUT2D eigenvalue weighted by Gasteiger charge is -2.15. The fourth-order valence-corrected chi connectivity index (χ4v) is 3.17. The summed E-state index contributed by atoms with van der Waals surface area (Å²) in [5.41, 5.74) is 1.71. The van der Waals surface area contributed by atoms with E-state index in [2.05, 4.69) is 20.9 Å². The van der Waals surface area contributed by atoms with Crippen LogP contribution in [0.1, 0.15) is 35.0 Å². The third-order valence-corrected chi connectivity index (χ3v) is 5.08. The molecule has 182 valence electrons. The van der Waals surface area contributed by atoms with Crippen LogP contribution in [-0.4, -0.2) is 28.5 Å². The molecule has 0 aliphatic rings. The molecule has 0 bridgehead atoms. The van der Waals surface area contributed by atoms with Crippen LogP contribution in [-0.2, 0) is 11.3 Å². The van der Waals surface area contributed by atoms with Gasteiger partial charge in [-0.15, -0.1) is 0 Å². The maximum atomic E-state index is 12.3. The summed E-state index contributed by atoms with van der Waals surface area (Å²) in [5.74, 6) is 0.605. The number of halogens is 1. The van der Waals surface area contributed by atoms with Gasteiger partial charge >= 0.3 is 5.97 Å². The van der Waals surface area contributed by atoms with Crippen molar-refractivity contribution in [3.63, 3.8) is 0 Å². The molecule has 4 N–H and O–H groups in total. The van der Waals surface area contributed by atoms with Gasteiger partial charge in [0, 0.05) is 24.2 Å². The molecule has 1 heterocycles. The predicted molar refractivity (Wildman–Crippen MR) is 136 cm³/mol. The number of benzene rings is 2. The van der Waals surface area contributed by atoms with E-state index in [1.807, 2.05) is 19.1 Å². The number of amides is 1. The highest BCUT2D eigenvalue weighted by atomic mass is 35.5. The molecule has 35 heavy (non-hydrogen) atoms. The second-order valence-corrected chi connectivity index (χ2v) is 8.11. The number of aromatic nitrogens is 1. The van der Waals surface area contributed by atoms with E-state index in [0.717, 1.165) is 12.0 Å². The minimum absolute atomic E-state index is 0.134. The third kappa shape index (κ3) is 8.04. The zero-order chi connectivity index (χ0) is 25.2. The Morgan fingerprint density at radius 3 is 2.54 bits per heavy atom. The lowest BCUT2D eigenvalue weighted by molar-refractivity contribution is -0.116. The van der Waals surface area contributed by atoms with Crippen LogP contribution in [0.4, 0.5) is 5.82 Å². The Hall–Kier alpha value is -4.04. The van der Waals surface area contributed by atoms with Gasteiger partial charge in [0.15, 0.2) is 0 Å². The number of carboxylic acids is 1. The number of hydrogen-bond donors (Lipinski definition) is 4. The van der Waals surface area contributed by atoms with E-state index in [4.69, 9.17) is 21.4 Å². The number of aryl methyl sites for hydroxylation is 1. The van der Waals surface area contributed by atoms with Crippen LogP contribution in [0, 0.1) is 6.92 Å². The molecule has 3 aromatic rings. The molecule has 2 aromatic carbocycles. The zero-order valence-corrected chi connectivity index (χ0v) is 20.2. The van der Waals surface area contributed by atoms with Crippen LogP contribution in [0.3, 0.4) is 0 Å². The quantitative estimate of drug-likeness (QED) is 0.274. The lowest BCUT2D eigenvalue weighted by atomic mass is 10.2. The summed E-state index contributed by atoms with van der Waals surface area (Å²) >= 11 is 5.96. The molecule has 3 rings (SSSR count). The molecule has 0 fully saturated rings. The van der Waals surface area contributed by atoms with Crippen molar-refractivity contribution in [2.24, 2.45) is 0 Å². The summed E-state index contributed by atoms with van der Waals surface area (Å²) in [6, 6.07) is 17.1. The van der Waals surface area contributed by atoms with Gasteiger partial charge in [0.25, 0.3) is 0 Å². The zero-order valence-electron chi connectivity index (χ0n) is 19.5. The van der Waals surface area contributed by atoms with E-state index in [-0.39, 0.29) is 11.5 Å². The Morgan fingerprint density at radius 1 is 1.09 bits per heavy atom. The Bertz CT molecular complexity index is 1210. The summed E-state index contributed by atoms with van der Waals surface area (Å²) in [6.45, 7) is 4.81. The number of ether oxygens (including phenoxy) is 1. The van der Waals surface area contributed by atoms with E-state index >= 15 is 0 Å². The second kappa shape index (κ2) is 12.4. The van der Waals surface area contributed by atoms with Gasteiger partial charge in [-0.05, 0) is 61.4 Å². The van der Waals surface area contributed by atoms with E-state index in [0.29, 0.717) is 46.9 Å². The van der Waals surface area contributed by atoms with Crippen LogP contribution in [0.25, 0.3) is 0 Å². The van der Waals surface area contributed by atoms with Gasteiger partial charge in [-0.1, -0.05) is 36.7 Å². The summed E-state index contributed by atoms with van der Waals surface area (Å²) in [6.07, 6.45) is 2.28. The first-order valence-electron chi connectivity index (χ1n) is 11.1. The minimum Gasteiger partial charge on any atom is -0.478 e. The van der Waals surface area contributed by atoms with Crippen molar-refractivity contribution >= 4 is 29.3 Å². The standard InChI is InChI=1S/C26H27ClN4O4/c1-3-13-28-25(32)15-24(29-16-18-7-9-20(27)10-8-18)31-23-12-11-22(17(2)30-23)35-21-6-4-5-19(14-21)26(33)34/h4-12,14-15,29H,3,13,16H2,1-2H3,(H,28,32)(H,30,31)(H,33,34)/b24-15+. The van der Waals surface area contributed by atoms with Crippen LogP contribution < -0.4 is 20.7 Å². The first kappa shape index (κ1) is 25.6. The molecule has 9 heteroatoms. The molecular formula is C26H27ClN4O4. The average molecular weight is 495 g/mol. The van der Waals surface area contributed by atoms with E-state index in [9.17, 15) is 9.59 Å². The molecule has 0 spiro atoms. The van der Waals surface area contributed by atoms with Gasteiger partial charge in [-0.2, -0.15) is 0 Å². The molecule has 0 radical (unpaired) electrons. The number of pyridine rings is 1. The molecule has 0 saturated heterocycles. The highest BCUT2D eigenvalue weighted by Crippen LogP contribution is 2.26. The number of carboxylic acid groups (broad SMARTS) is 1. The van der Waals surface area contributed by atoms with E-state index < -0.39 is 5.97 Å². The Kier molecular flexibility index (Phi) is 9.09. The van der Waals surface area contributed by atoms with E-state index in [1.165, 1.54) is 18.2 Å². The molecule has 1 aromatic heterocycles. The number of nitrogens with zero attached hydrogens (tertiary/aromatic N) is 1. The van der Waals surface area contributed by atoms with Crippen LogP contribution >= 0.6 is 11.6 Å². The van der Waals surface area contributed by atoms with Gasteiger partial charge < -0.3 is 25.8 Å². The fourth-order valence-electron chi connectivity index (χ4n) is 3.04. The van der Waals surface area contributed by atoms with Crippen molar-refractivity contribution < 1.29 is 19.4 Å². The smallest absolute Gasteiger partial charge is 0.335 e. The molecule has 0 unspecified atom stereocenters. The number of rotatable bonds is 11. The van der Waals surface area contributed by atoms with Crippen molar-refractivity contribution in [1.82, 2.24) is 15.6 Å². The largest absolute Gasteiger partial charge is 0.478 e. The summed E-state index contributed by atoms with van der Waals surface area (Å²) < 4.78 is 5.83. The summed E-state index contributed by atoms with van der Waals surface area (Å²) in [7, 11) is 0. The highest BCUT2D eigenvalue weighted by Gasteiger charge is 2.09. The monoisotopic (exact) mass is 494 g/mol. The fraction of sp³-hybridized carbons (Fsp3) is 0.192. The van der Waals surface area contributed by atoms with Crippen molar-refractivity contribution in [3.05, 3.63) is 94.4 Å². The van der Waals surface area contributed by atoms with Gasteiger partial charge in [-0.25, -0.2) is 9.78 Å². The van der Waals surface area contributed by atoms with Crippen LogP contribution in [0.2, 0.25) is 5.02 Å². The maximum Gasteiger partial charge on any atom is 0.335 e. The Morgan fingerprint density at radius 2 is 1.86 bits per heavy atom. The number of nitrogens with one attached hydrogen (secondary N) is 3. The Balaban J connectivity index is 1.74. The van der Waals surface area contributed by atoms with Crippen LogP contribution in [0.5, 0.6) is 11.5 Å². The first-order valence-corrected chi connectivity index (χ1v) is 11.5. The minimum atomic E-state index is -1.03. The van der Waals surface area contributed by atoms with Crippen molar-refractivity contribution in [2.75, 3.05) is 11.9 Å². The average Bonchev–Trinajstić information content (AvgIpc) is 2.84. The number of carbonyl (C=O) groups is 2. The summed E-state index contributed by atoms with van der Waals surface area (Å²) in [5, 5.41) is 19.0. The Labute approximate surface area is 209 Å². The molecular weight excluding hydrogens is 468 g/mol. The highest BCUT2D eigenvalue weighted by molar-refractivity contribution is 6.30. The molecule has 8 nitrogen and oxygen atoms in total. The van der Waals surface area contributed by atoms with Crippen molar-refractivity contribution in [1.29, 1.82) is 0 Å². The number of aromatic carboxylic acids is 1. The van der Waals surface area contributed by atoms with Crippen LogP contribution in [0.15, 0.2) is 72.6 Å². The van der Waals surface area contributed by atoms with Gasteiger partial charge in [-0.3, -0.25) is 4.79 Å². The van der Waals surface area contributed by atoms with Gasteiger partial charge in [0.1, 0.15) is 23.1 Å². The summed E-state index contributed by atoms with van der Waals surface area (Å²) in [4.78, 5) is 28.0. The molecule has 0 atom stereocenters. The van der Waals surface area contributed by atoms with Crippen molar-refractivity contribution in [2.45, 2.75) is 26.8 Å². The van der Waals surface area contributed by atoms with Gasteiger partial charge in [0.2, 0.25) is 5.91 Å². The SMILES string of the molecule is CCCNC(=O)/C=C(\NCc1ccc(Cl)cc1)Nc1ccc(Oc2cccc(C(=O)O)c2)c(C)n1. The van der Waals surface area contributed by atoms with Crippen molar-refractivity contribution in [3.8, 4) is 11.5 Å². The number of anilines is 1. The molecule has 0 aliphatic carbocycles. The van der Waals surface area contributed by atoms with E-state index in [1.54, 1.807) is 43.3 Å². The molecule has 1 amide bonds. The maximum absolute atomic E-state index is 12.3. The number of carbonyl (C=O) groups excluding carboxylic acids is 1. The first-order chi connectivity index (χ1) is 16.8. The lowest BCUT2D eigenvalue weighted by Crippen LogP contribution is -2.26. The predicted octanol–water partition coefficient (Wildman–Crippen LogP) is 5.10. The molecule has 0 saturated carbocycles.